The first-order valence-electron chi connectivity index (χ1n) is 10.7. The zero-order valence-corrected chi connectivity index (χ0v) is 21.9. The van der Waals surface area contributed by atoms with Gasteiger partial charge in [0.2, 0.25) is 5.91 Å². The highest BCUT2D eigenvalue weighted by Gasteiger charge is 2.28. The molecule has 0 spiro atoms. The fourth-order valence-corrected chi connectivity index (χ4v) is 5.53. The minimum absolute atomic E-state index is 0.138. The Bertz CT molecular complexity index is 1270. The summed E-state index contributed by atoms with van der Waals surface area (Å²) in [4.78, 5) is 13.2. The number of benzene rings is 3. The number of nitrogens with one attached hydrogen (secondary N) is 1. The van der Waals surface area contributed by atoms with Crippen molar-refractivity contribution in [1.82, 2.24) is 5.32 Å². The number of amides is 1. The average molecular weight is 530 g/mol. The molecular formula is C26H29BrN2O3S. The molecule has 0 heterocycles. The van der Waals surface area contributed by atoms with Gasteiger partial charge in [0.05, 0.1) is 16.6 Å². The van der Waals surface area contributed by atoms with E-state index in [1.54, 1.807) is 42.5 Å². The number of aryl methyl sites for hydroxylation is 4. The molecule has 33 heavy (non-hydrogen) atoms. The standard InChI is InChI=1S/C26H29BrN2O3S/c1-17-9-11-24(12-10-17)33(31,32)29(23-8-6-7-22(27)15-23)16-26(30)28-21(5)25-14-19(3)18(2)13-20(25)4/h6-15,21H,16H2,1-5H3,(H,28,30)/t21-/m0/s1. The van der Waals surface area contributed by atoms with E-state index in [2.05, 4.69) is 40.3 Å². The molecule has 3 aromatic rings. The first-order chi connectivity index (χ1) is 15.5. The molecule has 7 heteroatoms. The average Bonchev–Trinajstić information content (AvgIpc) is 2.74. The van der Waals surface area contributed by atoms with Gasteiger partial charge in [-0.25, -0.2) is 8.42 Å². The van der Waals surface area contributed by atoms with E-state index in [1.165, 1.54) is 5.56 Å². The number of halogens is 1. The lowest BCUT2D eigenvalue weighted by Crippen LogP contribution is -2.41. The van der Waals surface area contributed by atoms with Crippen LogP contribution in [0.5, 0.6) is 0 Å². The summed E-state index contributed by atoms with van der Waals surface area (Å²) < 4.78 is 28.9. The van der Waals surface area contributed by atoms with Crippen LogP contribution >= 0.6 is 15.9 Å². The van der Waals surface area contributed by atoms with Gasteiger partial charge in [0.1, 0.15) is 6.54 Å². The van der Waals surface area contributed by atoms with E-state index in [9.17, 15) is 13.2 Å². The Labute approximate surface area is 205 Å². The lowest BCUT2D eigenvalue weighted by Gasteiger charge is -2.26. The van der Waals surface area contributed by atoms with Gasteiger partial charge in [-0.2, -0.15) is 0 Å². The first kappa shape index (κ1) is 25.0. The molecule has 0 radical (unpaired) electrons. The highest BCUT2D eigenvalue weighted by Crippen LogP contribution is 2.27. The van der Waals surface area contributed by atoms with Crippen LogP contribution in [0.3, 0.4) is 0 Å². The van der Waals surface area contributed by atoms with E-state index in [-0.39, 0.29) is 23.4 Å². The second-order valence-electron chi connectivity index (χ2n) is 8.39. The van der Waals surface area contributed by atoms with Crippen LogP contribution in [0.25, 0.3) is 0 Å². The maximum Gasteiger partial charge on any atom is 0.264 e. The lowest BCUT2D eigenvalue weighted by molar-refractivity contribution is -0.120. The van der Waals surface area contributed by atoms with Crippen LogP contribution in [0, 0.1) is 27.7 Å². The number of nitrogens with zero attached hydrogens (tertiary/aromatic N) is 1. The SMILES string of the molecule is Cc1ccc(S(=O)(=O)N(CC(=O)N[C@@H](C)c2cc(C)c(C)cc2C)c2cccc(Br)c2)cc1. The maximum absolute atomic E-state index is 13.5. The summed E-state index contributed by atoms with van der Waals surface area (Å²) in [5.74, 6) is -0.379. The summed E-state index contributed by atoms with van der Waals surface area (Å²) in [6, 6.07) is 17.5. The van der Waals surface area contributed by atoms with Gasteiger partial charge >= 0.3 is 0 Å². The molecule has 0 aromatic heterocycles. The van der Waals surface area contributed by atoms with Crippen molar-refractivity contribution < 1.29 is 13.2 Å². The van der Waals surface area contributed by atoms with Crippen molar-refractivity contribution in [3.8, 4) is 0 Å². The number of hydrogen-bond donors (Lipinski definition) is 1. The predicted molar refractivity (Wildman–Crippen MR) is 137 cm³/mol. The molecule has 0 bridgehead atoms. The summed E-state index contributed by atoms with van der Waals surface area (Å²) in [5, 5.41) is 2.97. The van der Waals surface area contributed by atoms with Crippen molar-refractivity contribution in [2.24, 2.45) is 0 Å². The number of rotatable bonds is 7. The van der Waals surface area contributed by atoms with Gasteiger partial charge in [0.25, 0.3) is 10.0 Å². The van der Waals surface area contributed by atoms with Crippen LogP contribution in [0.4, 0.5) is 5.69 Å². The third-order valence-corrected chi connectivity index (χ3v) is 8.00. The zero-order valence-electron chi connectivity index (χ0n) is 19.5. The Morgan fingerprint density at radius 1 is 0.939 bits per heavy atom. The molecule has 3 aromatic carbocycles. The summed E-state index contributed by atoms with van der Waals surface area (Å²) in [6.45, 7) is 9.58. The van der Waals surface area contributed by atoms with Crippen molar-refractivity contribution in [3.05, 3.63) is 93.0 Å². The summed E-state index contributed by atoms with van der Waals surface area (Å²) in [7, 11) is -3.95. The largest absolute Gasteiger partial charge is 0.348 e. The predicted octanol–water partition coefficient (Wildman–Crippen LogP) is 5.76. The fraction of sp³-hybridized carbons (Fsp3) is 0.269. The second kappa shape index (κ2) is 10.1. The van der Waals surface area contributed by atoms with Gasteiger partial charge in [0, 0.05) is 4.47 Å². The Hall–Kier alpha value is -2.64. The minimum atomic E-state index is -3.95. The second-order valence-corrected chi connectivity index (χ2v) is 11.2. The van der Waals surface area contributed by atoms with Gasteiger partial charge in [0.15, 0.2) is 0 Å². The zero-order chi connectivity index (χ0) is 24.3. The van der Waals surface area contributed by atoms with E-state index in [0.29, 0.717) is 5.69 Å². The number of anilines is 1. The highest BCUT2D eigenvalue weighted by molar-refractivity contribution is 9.10. The Kier molecular flexibility index (Phi) is 7.65. The van der Waals surface area contributed by atoms with Crippen molar-refractivity contribution in [2.45, 2.75) is 45.6 Å². The number of sulfonamides is 1. The molecule has 0 aliphatic heterocycles. The van der Waals surface area contributed by atoms with Gasteiger partial charge < -0.3 is 5.32 Å². The van der Waals surface area contributed by atoms with Crippen LogP contribution < -0.4 is 9.62 Å². The fourth-order valence-electron chi connectivity index (χ4n) is 3.73. The maximum atomic E-state index is 13.5. The van der Waals surface area contributed by atoms with Crippen molar-refractivity contribution in [2.75, 3.05) is 10.8 Å². The van der Waals surface area contributed by atoms with E-state index in [0.717, 1.165) is 31.0 Å². The molecule has 0 aliphatic rings. The quantitative estimate of drug-likeness (QED) is 0.424. The van der Waals surface area contributed by atoms with Crippen molar-refractivity contribution >= 4 is 37.5 Å². The monoisotopic (exact) mass is 528 g/mol. The molecule has 0 aliphatic carbocycles. The van der Waals surface area contributed by atoms with E-state index in [4.69, 9.17) is 0 Å². The molecule has 5 nitrogen and oxygen atoms in total. The molecule has 3 rings (SSSR count). The van der Waals surface area contributed by atoms with Gasteiger partial charge in [-0.05, 0) is 87.2 Å². The molecule has 1 N–H and O–H groups in total. The molecule has 0 unspecified atom stereocenters. The van der Waals surface area contributed by atoms with Gasteiger partial charge in [-0.15, -0.1) is 0 Å². The first-order valence-corrected chi connectivity index (χ1v) is 12.9. The van der Waals surface area contributed by atoms with Crippen LogP contribution in [-0.4, -0.2) is 20.9 Å². The van der Waals surface area contributed by atoms with Crippen LogP contribution in [0.1, 0.15) is 40.8 Å². The Morgan fingerprint density at radius 3 is 2.21 bits per heavy atom. The number of carbonyl (C=O) groups is 1. The van der Waals surface area contributed by atoms with E-state index in [1.807, 2.05) is 33.8 Å². The molecule has 0 fully saturated rings. The number of hydrogen-bond acceptors (Lipinski definition) is 3. The minimum Gasteiger partial charge on any atom is -0.348 e. The Morgan fingerprint density at radius 2 is 1.58 bits per heavy atom. The highest BCUT2D eigenvalue weighted by atomic mass is 79.9. The summed E-state index contributed by atoms with van der Waals surface area (Å²) in [6.07, 6.45) is 0. The van der Waals surface area contributed by atoms with Gasteiger partial charge in [-0.3, -0.25) is 9.10 Å². The van der Waals surface area contributed by atoms with E-state index >= 15 is 0 Å². The Balaban J connectivity index is 1.91. The van der Waals surface area contributed by atoms with Crippen LogP contribution in [0.2, 0.25) is 0 Å². The van der Waals surface area contributed by atoms with Crippen molar-refractivity contribution in [1.29, 1.82) is 0 Å². The molecule has 1 atom stereocenters. The third kappa shape index (κ3) is 5.84. The number of carbonyl (C=O) groups excluding carboxylic acids is 1. The van der Waals surface area contributed by atoms with Crippen molar-refractivity contribution in [3.63, 3.8) is 0 Å². The van der Waals surface area contributed by atoms with E-state index < -0.39 is 10.0 Å². The molecule has 0 saturated carbocycles. The summed E-state index contributed by atoms with van der Waals surface area (Å²) in [5.41, 5.74) is 5.81. The summed E-state index contributed by atoms with van der Waals surface area (Å²) >= 11 is 3.40. The molecular weight excluding hydrogens is 500 g/mol. The smallest absolute Gasteiger partial charge is 0.264 e. The topological polar surface area (TPSA) is 66.5 Å². The molecule has 0 saturated heterocycles. The third-order valence-electron chi connectivity index (χ3n) is 5.72. The van der Waals surface area contributed by atoms with Gasteiger partial charge in [-0.1, -0.05) is 51.8 Å². The van der Waals surface area contributed by atoms with Crippen LogP contribution in [0.15, 0.2) is 70.0 Å². The van der Waals surface area contributed by atoms with Crippen LogP contribution in [-0.2, 0) is 14.8 Å². The normalized spacial score (nSPS) is 12.3. The molecule has 174 valence electrons. The molecule has 1 amide bonds. The lowest BCUT2D eigenvalue weighted by atomic mass is 9.96.